The molecule has 1 aromatic carbocycles. The van der Waals surface area contributed by atoms with Gasteiger partial charge in [-0.2, -0.15) is 5.26 Å². The van der Waals surface area contributed by atoms with Crippen LogP contribution >= 0.6 is 46.4 Å². The number of carbonyl (C=O) groups is 1. The fraction of sp³-hybridized carbons (Fsp3) is 0.143. The topological polar surface area (TPSA) is 92.7 Å². The van der Waals surface area contributed by atoms with Crippen LogP contribution in [-0.4, -0.2) is 15.8 Å². The third-order valence-corrected chi connectivity index (χ3v) is 4.51. The van der Waals surface area contributed by atoms with Crippen molar-refractivity contribution in [3.8, 4) is 6.07 Å². The molecule has 0 aliphatic rings. The highest BCUT2D eigenvalue weighted by Gasteiger charge is 2.10. The summed E-state index contributed by atoms with van der Waals surface area (Å²) in [6, 6.07) is 15.8. The van der Waals surface area contributed by atoms with Gasteiger partial charge in [-0.1, -0.05) is 82.3 Å². The highest BCUT2D eigenvalue weighted by atomic mass is 35.5. The Morgan fingerprint density at radius 1 is 0.933 bits per heavy atom. The molecule has 0 fully saturated rings. The highest BCUT2D eigenvalue weighted by molar-refractivity contribution is 6.34. The molecule has 0 amide bonds. The number of rotatable bonds is 3. The van der Waals surface area contributed by atoms with Gasteiger partial charge >= 0.3 is 0 Å². The number of hydrogen-bond acceptors (Lipinski definition) is 5. The lowest BCUT2D eigenvalue weighted by molar-refractivity contribution is 0.0993. The van der Waals surface area contributed by atoms with Gasteiger partial charge in [-0.15, -0.1) is 0 Å². The number of hydrogen-bond donors (Lipinski definition) is 1. The summed E-state index contributed by atoms with van der Waals surface area (Å²) in [4.78, 5) is 19.6. The predicted molar refractivity (Wildman–Crippen MR) is 123 cm³/mol. The number of Topliss-reactive ketones (excluding diaryl/α,β-unsaturated/α-hetero) is 1. The van der Waals surface area contributed by atoms with E-state index >= 15 is 0 Å². The van der Waals surface area contributed by atoms with Crippen LogP contribution in [0.1, 0.15) is 28.4 Å². The van der Waals surface area contributed by atoms with Crippen molar-refractivity contribution in [1.82, 2.24) is 9.97 Å². The number of aryl methyl sites for hydroxylation is 1. The quantitative estimate of drug-likeness (QED) is 0.333. The molecule has 0 saturated carbocycles. The average molecular weight is 484 g/mol. The Balaban J connectivity index is 0.000000313. The molecule has 30 heavy (non-hydrogen) atoms. The smallest absolute Gasteiger partial charge is 0.167 e. The molecule has 2 aromatic heterocycles. The van der Waals surface area contributed by atoms with Crippen molar-refractivity contribution >= 4 is 57.9 Å². The second-order valence-corrected chi connectivity index (χ2v) is 7.28. The van der Waals surface area contributed by atoms with Crippen molar-refractivity contribution in [2.45, 2.75) is 20.3 Å². The van der Waals surface area contributed by atoms with E-state index in [1.165, 1.54) is 6.92 Å². The first-order valence-corrected chi connectivity index (χ1v) is 9.98. The van der Waals surface area contributed by atoms with Crippen molar-refractivity contribution in [3.63, 3.8) is 0 Å². The molecule has 5 nitrogen and oxygen atoms in total. The fourth-order valence-corrected chi connectivity index (χ4v) is 2.77. The van der Waals surface area contributed by atoms with Crippen molar-refractivity contribution in [1.29, 1.82) is 5.26 Å². The van der Waals surface area contributed by atoms with Crippen LogP contribution in [-0.2, 0) is 6.42 Å². The monoisotopic (exact) mass is 482 g/mol. The SMILES string of the molecule is CC#N.Cc1ccc(C(=O)Cc2ccc(Cl)nc2Cl)cc1.Nc1ccc(Cl)nc1Cl. The van der Waals surface area contributed by atoms with Gasteiger partial charge in [0.2, 0.25) is 0 Å². The number of halogens is 4. The van der Waals surface area contributed by atoms with Crippen molar-refractivity contribution in [2.24, 2.45) is 0 Å². The summed E-state index contributed by atoms with van der Waals surface area (Å²) in [5, 5.41) is 8.53. The summed E-state index contributed by atoms with van der Waals surface area (Å²) in [7, 11) is 0. The molecule has 0 atom stereocenters. The molecular formula is C21H18Cl4N4O. The van der Waals surface area contributed by atoms with Crippen molar-refractivity contribution < 1.29 is 4.79 Å². The van der Waals surface area contributed by atoms with Crippen LogP contribution < -0.4 is 5.73 Å². The van der Waals surface area contributed by atoms with Gasteiger partial charge in [0.05, 0.1) is 11.8 Å². The lowest BCUT2D eigenvalue weighted by atomic mass is 10.0. The second-order valence-electron chi connectivity index (χ2n) is 5.79. The first-order valence-electron chi connectivity index (χ1n) is 8.47. The van der Waals surface area contributed by atoms with E-state index in [9.17, 15) is 4.79 Å². The second kappa shape index (κ2) is 13.0. The van der Waals surface area contributed by atoms with E-state index < -0.39 is 0 Å². The third kappa shape index (κ3) is 8.98. The van der Waals surface area contributed by atoms with Gasteiger partial charge in [0.15, 0.2) is 10.9 Å². The number of nitrogens with zero attached hydrogens (tertiary/aromatic N) is 3. The molecule has 3 aromatic rings. The summed E-state index contributed by atoms with van der Waals surface area (Å²) in [5.74, 6) is 0.0148. The van der Waals surface area contributed by atoms with Crippen LogP contribution in [0.15, 0.2) is 48.5 Å². The molecule has 156 valence electrons. The van der Waals surface area contributed by atoms with Crippen LogP contribution in [0.5, 0.6) is 0 Å². The number of ketones is 1. The molecular weight excluding hydrogens is 466 g/mol. The summed E-state index contributed by atoms with van der Waals surface area (Å²) < 4.78 is 0. The molecule has 0 aliphatic carbocycles. The molecule has 2 N–H and O–H groups in total. The largest absolute Gasteiger partial charge is 0.396 e. The Hall–Kier alpha value is -2.36. The molecule has 0 aliphatic heterocycles. The standard InChI is InChI=1S/C14H11Cl2NO.C5H4Cl2N2.C2H3N/c1-9-2-4-10(5-3-9)12(18)8-11-6-7-13(15)17-14(11)16;6-4-2-1-3(8)5(7)9-4;1-2-3/h2-7H,8H2,1H3;1-2H,8H2;1H3. The van der Waals surface area contributed by atoms with Gasteiger partial charge in [-0.05, 0) is 30.7 Å². The Morgan fingerprint density at radius 3 is 1.90 bits per heavy atom. The zero-order chi connectivity index (χ0) is 22.7. The molecule has 9 heteroatoms. The minimum Gasteiger partial charge on any atom is -0.396 e. The molecule has 3 rings (SSSR count). The molecule has 0 spiro atoms. The van der Waals surface area contributed by atoms with Gasteiger partial charge in [-0.3, -0.25) is 4.79 Å². The van der Waals surface area contributed by atoms with E-state index in [1.54, 1.807) is 30.3 Å². The van der Waals surface area contributed by atoms with Crippen LogP contribution in [0.25, 0.3) is 0 Å². The Labute approximate surface area is 195 Å². The van der Waals surface area contributed by atoms with E-state index in [4.69, 9.17) is 57.4 Å². The zero-order valence-corrected chi connectivity index (χ0v) is 19.2. The summed E-state index contributed by atoms with van der Waals surface area (Å²) >= 11 is 22.6. The summed E-state index contributed by atoms with van der Waals surface area (Å²) in [6.45, 7) is 3.41. The number of nitrogen functional groups attached to an aromatic ring is 1. The molecule has 0 saturated heterocycles. The Kier molecular flexibility index (Phi) is 11.2. The normalized spacial score (nSPS) is 9.37. The highest BCUT2D eigenvalue weighted by Crippen LogP contribution is 2.19. The van der Waals surface area contributed by atoms with E-state index in [0.717, 1.165) is 5.56 Å². The number of anilines is 1. The average Bonchev–Trinajstić information content (AvgIpc) is 2.69. The lowest BCUT2D eigenvalue weighted by Crippen LogP contribution is -2.04. The molecule has 0 bridgehead atoms. The first-order chi connectivity index (χ1) is 14.2. The summed E-state index contributed by atoms with van der Waals surface area (Å²) in [6.07, 6.45) is 0.228. The van der Waals surface area contributed by atoms with Crippen LogP contribution in [0.2, 0.25) is 20.6 Å². The predicted octanol–water partition coefficient (Wildman–Crippen LogP) is 6.62. The van der Waals surface area contributed by atoms with Crippen molar-refractivity contribution in [2.75, 3.05) is 5.73 Å². The maximum atomic E-state index is 12.0. The maximum Gasteiger partial charge on any atom is 0.167 e. The third-order valence-electron chi connectivity index (χ3n) is 3.46. The zero-order valence-electron chi connectivity index (χ0n) is 16.2. The van der Waals surface area contributed by atoms with E-state index in [1.807, 2.05) is 31.2 Å². The first kappa shape index (κ1) is 25.7. The molecule has 0 unspecified atom stereocenters. The van der Waals surface area contributed by atoms with Crippen LogP contribution in [0.4, 0.5) is 5.69 Å². The van der Waals surface area contributed by atoms with Gasteiger partial charge < -0.3 is 5.73 Å². The Bertz CT molecular complexity index is 1030. The lowest BCUT2D eigenvalue weighted by Gasteiger charge is -2.04. The number of carbonyl (C=O) groups excluding carboxylic acids is 1. The van der Waals surface area contributed by atoms with Crippen LogP contribution in [0.3, 0.4) is 0 Å². The minimum atomic E-state index is 0.0148. The summed E-state index contributed by atoms with van der Waals surface area (Å²) in [5.41, 5.74) is 8.26. The number of aromatic nitrogens is 2. The van der Waals surface area contributed by atoms with Gasteiger partial charge in [0, 0.05) is 18.9 Å². The number of benzene rings is 1. The van der Waals surface area contributed by atoms with E-state index in [0.29, 0.717) is 27.1 Å². The number of pyridine rings is 2. The van der Waals surface area contributed by atoms with E-state index in [2.05, 4.69) is 9.97 Å². The van der Waals surface area contributed by atoms with Gasteiger partial charge in [-0.25, -0.2) is 9.97 Å². The van der Waals surface area contributed by atoms with Crippen molar-refractivity contribution in [3.05, 3.63) is 85.8 Å². The van der Waals surface area contributed by atoms with Gasteiger partial charge in [0.25, 0.3) is 0 Å². The number of nitriles is 1. The molecule has 2 heterocycles. The maximum absolute atomic E-state index is 12.0. The minimum absolute atomic E-state index is 0.0148. The number of nitrogens with two attached hydrogens (primary N) is 1. The van der Waals surface area contributed by atoms with Gasteiger partial charge in [0.1, 0.15) is 15.5 Å². The van der Waals surface area contributed by atoms with E-state index in [-0.39, 0.29) is 22.5 Å². The molecule has 0 radical (unpaired) electrons. The fourth-order valence-electron chi connectivity index (χ4n) is 2.01. The Morgan fingerprint density at radius 2 is 1.43 bits per heavy atom. The van der Waals surface area contributed by atoms with Crippen LogP contribution in [0, 0.1) is 18.3 Å².